The molecule has 0 aromatic carbocycles. The van der Waals surface area contributed by atoms with Gasteiger partial charge in [-0.05, 0) is 31.9 Å². The number of aryl methyl sites for hydroxylation is 1. The maximum atomic E-state index is 5.74. The molecule has 3 nitrogen and oxygen atoms in total. The van der Waals surface area contributed by atoms with Gasteiger partial charge in [0.1, 0.15) is 5.82 Å². The van der Waals surface area contributed by atoms with Crippen molar-refractivity contribution >= 4 is 12.0 Å². The minimum atomic E-state index is 0.723. The van der Waals surface area contributed by atoms with Gasteiger partial charge in [0.25, 0.3) is 0 Å². The predicted octanol–water partition coefficient (Wildman–Crippen LogP) is 1.54. The van der Waals surface area contributed by atoms with Gasteiger partial charge in [-0.2, -0.15) is 5.10 Å². The zero-order valence-corrected chi connectivity index (χ0v) is 7.13. The van der Waals surface area contributed by atoms with E-state index in [4.69, 9.17) is 5.73 Å². The fourth-order valence-corrected chi connectivity index (χ4v) is 0.944. The van der Waals surface area contributed by atoms with Gasteiger partial charge < -0.3 is 5.73 Å². The van der Waals surface area contributed by atoms with Crippen LogP contribution < -0.4 is 5.73 Å². The van der Waals surface area contributed by atoms with Crippen LogP contribution in [0, 0.1) is 13.8 Å². The van der Waals surface area contributed by atoms with Crippen molar-refractivity contribution < 1.29 is 0 Å². The normalized spacial score (nSPS) is 11.2. The van der Waals surface area contributed by atoms with Crippen molar-refractivity contribution in [2.45, 2.75) is 20.8 Å². The van der Waals surface area contributed by atoms with Gasteiger partial charge in [-0.15, -0.1) is 0 Å². The molecule has 0 aliphatic rings. The van der Waals surface area contributed by atoms with Crippen molar-refractivity contribution in [3.05, 3.63) is 17.3 Å². The molecular formula is C8H13N3. The third kappa shape index (κ3) is 1.27. The Kier molecular flexibility index (Phi) is 1.98. The van der Waals surface area contributed by atoms with Crippen LogP contribution in [-0.2, 0) is 0 Å². The second-order valence-corrected chi connectivity index (χ2v) is 2.54. The summed E-state index contributed by atoms with van der Waals surface area (Å²) in [7, 11) is 0. The van der Waals surface area contributed by atoms with Gasteiger partial charge in [0.15, 0.2) is 0 Å². The average Bonchev–Trinajstić information content (AvgIpc) is 2.19. The Morgan fingerprint density at radius 1 is 1.55 bits per heavy atom. The first-order valence-corrected chi connectivity index (χ1v) is 3.59. The lowest BCUT2D eigenvalue weighted by Gasteiger charge is -1.95. The summed E-state index contributed by atoms with van der Waals surface area (Å²) in [5, 5.41) is 4.05. The van der Waals surface area contributed by atoms with Gasteiger partial charge in [0, 0.05) is 12.4 Å². The molecule has 0 spiro atoms. The summed E-state index contributed by atoms with van der Waals surface area (Å²) >= 11 is 0. The molecule has 0 fully saturated rings. The molecule has 1 aromatic rings. The number of nitrogen functional groups attached to an aromatic ring is 1. The molecule has 0 atom stereocenters. The highest BCUT2D eigenvalue weighted by Gasteiger charge is 2.03. The van der Waals surface area contributed by atoms with Gasteiger partial charge in [-0.25, -0.2) is 4.68 Å². The van der Waals surface area contributed by atoms with E-state index in [0.29, 0.717) is 0 Å². The highest BCUT2D eigenvalue weighted by Crippen LogP contribution is 2.16. The van der Waals surface area contributed by atoms with E-state index in [9.17, 15) is 0 Å². The van der Waals surface area contributed by atoms with Crippen molar-refractivity contribution in [2.75, 3.05) is 5.73 Å². The molecule has 0 radical (unpaired) electrons. The van der Waals surface area contributed by atoms with E-state index < -0.39 is 0 Å². The molecule has 60 valence electrons. The molecule has 0 saturated carbocycles. The van der Waals surface area contributed by atoms with Gasteiger partial charge in [0.05, 0.1) is 0 Å². The van der Waals surface area contributed by atoms with E-state index in [2.05, 4.69) is 5.10 Å². The Balaban J connectivity index is 3.18. The van der Waals surface area contributed by atoms with Crippen LogP contribution in [0.25, 0.3) is 0 Å². The molecule has 1 aromatic heterocycles. The molecule has 1 heterocycles. The summed E-state index contributed by atoms with van der Waals surface area (Å²) in [5.74, 6) is 0.723. The smallest absolute Gasteiger partial charge is 0.128 e. The average molecular weight is 151 g/mol. The third-order valence-electron chi connectivity index (χ3n) is 1.78. The van der Waals surface area contributed by atoms with Crippen LogP contribution in [0.4, 0.5) is 5.82 Å². The summed E-state index contributed by atoms with van der Waals surface area (Å²) < 4.78 is 1.69. The minimum Gasteiger partial charge on any atom is -0.383 e. The molecular weight excluding hydrogens is 138 g/mol. The fourth-order valence-electron chi connectivity index (χ4n) is 0.944. The van der Waals surface area contributed by atoms with E-state index in [1.54, 1.807) is 10.9 Å². The fraction of sp³-hybridized carbons (Fsp3) is 0.375. The highest BCUT2D eigenvalue weighted by atomic mass is 15.4. The van der Waals surface area contributed by atoms with E-state index in [0.717, 1.165) is 11.4 Å². The minimum absolute atomic E-state index is 0.723. The molecule has 0 aliphatic carbocycles. The first-order valence-electron chi connectivity index (χ1n) is 3.59. The van der Waals surface area contributed by atoms with Gasteiger partial charge in [-0.3, -0.25) is 0 Å². The number of rotatable bonds is 1. The van der Waals surface area contributed by atoms with Crippen molar-refractivity contribution in [1.29, 1.82) is 0 Å². The van der Waals surface area contributed by atoms with Crippen LogP contribution in [0.1, 0.15) is 18.1 Å². The monoisotopic (exact) mass is 151 g/mol. The Labute approximate surface area is 66.5 Å². The first-order chi connectivity index (χ1) is 5.16. The maximum absolute atomic E-state index is 5.74. The zero-order valence-electron chi connectivity index (χ0n) is 7.13. The number of hydrogen-bond donors (Lipinski definition) is 1. The van der Waals surface area contributed by atoms with Crippen LogP contribution in [-0.4, -0.2) is 10.9 Å². The number of aromatic nitrogens is 1. The Morgan fingerprint density at radius 3 is 2.55 bits per heavy atom. The van der Waals surface area contributed by atoms with E-state index in [1.165, 1.54) is 5.56 Å². The molecule has 0 amide bonds. The molecule has 2 N–H and O–H groups in total. The van der Waals surface area contributed by atoms with E-state index in [-0.39, 0.29) is 0 Å². The summed E-state index contributed by atoms with van der Waals surface area (Å²) in [4.78, 5) is 0. The second kappa shape index (κ2) is 2.78. The molecule has 0 bridgehead atoms. The first kappa shape index (κ1) is 7.85. The van der Waals surface area contributed by atoms with Crippen molar-refractivity contribution in [2.24, 2.45) is 5.10 Å². The summed E-state index contributed by atoms with van der Waals surface area (Å²) in [5.41, 5.74) is 8.02. The van der Waals surface area contributed by atoms with Gasteiger partial charge in [-0.1, -0.05) is 0 Å². The molecule has 11 heavy (non-hydrogen) atoms. The van der Waals surface area contributed by atoms with Crippen LogP contribution in [0.5, 0.6) is 0 Å². The second-order valence-electron chi connectivity index (χ2n) is 2.54. The molecule has 0 saturated heterocycles. The lowest BCUT2D eigenvalue weighted by molar-refractivity contribution is 0.901. The SMILES string of the molecule is CC=Nn1cc(C)c(C)c1N. The quantitative estimate of drug-likeness (QED) is 0.608. The zero-order chi connectivity index (χ0) is 8.43. The summed E-state index contributed by atoms with van der Waals surface area (Å²) in [6.45, 7) is 5.88. The Morgan fingerprint density at radius 2 is 2.18 bits per heavy atom. The Bertz CT molecular complexity index is 284. The maximum Gasteiger partial charge on any atom is 0.128 e. The molecule has 0 unspecified atom stereocenters. The third-order valence-corrected chi connectivity index (χ3v) is 1.78. The standard InChI is InChI=1S/C8H13N3/c1-4-10-11-5-6(2)7(3)8(11)9/h4-5H,9H2,1-3H3. The van der Waals surface area contributed by atoms with Gasteiger partial charge in [0.2, 0.25) is 0 Å². The van der Waals surface area contributed by atoms with Crippen molar-refractivity contribution in [3.8, 4) is 0 Å². The lowest BCUT2D eigenvalue weighted by atomic mass is 10.2. The largest absolute Gasteiger partial charge is 0.383 e. The Hall–Kier alpha value is -1.25. The predicted molar refractivity (Wildman–Crippen MR) is 47.9 cm³/mol. The van der Waals surface area contributed by atoms with E-state index in [1.807, 2.05) is 27.0 Å². The van der Waals surface area contributed by atoms with Crippen LogP contribution in [0.2, 0.25) is 0 Å². The number of nitrogens with zero attached hydrogens (tertiary/aromatic N) is 2. The molecule has 3 heteroatoms. The number of anilines is 1. The van der Waals surface area contributed by atoms with Gasteiger partial charge >= 0.3 is 0 Å². The van der Waals surface area contributed by atoms with Crippen molar-refractivity contribution in [1.82, 2.24) is 4.68 Å². The molecule has 1 rings (SSSR count). The van der Waals surface area contributed by atoms with E-state index >= 15 is 0 Å². The highest BCUT2D eigenvalue weighted by molar-refractivity contribution is 5.55. The lowest BCUT2D eigenvalue weighted by Crippen LogP contribution is -1.95. The number of hydrogen-bond acceptors (Lipinski definition) is 2. The molecule has 0 aliphatic heterocycles. The topological polar surface area (TPSA) is 43.3 Å². The van der Waals surface area contributed by atoms with Crippen LogP contribution in [0.15, 0.2) is 11.3 Å². The van der Waals surface area contributed by atoms with Crippen LogP contribution in [0.3, 0.4) is 0 Å². The summed E-state index contributed by atoms with van der Waals surface area (Å²) in [6.07, 6.45) is 3.64. The van der Waals surface area contributed by atoms with Crippen LogP contribution >= 0.6 is 0 Å². The summed E-state index contributed by atoms with van der Waals surface area (Å²) in [6, 6.07) is 0. The number of nitrogens with two attached hydrogens (primary N) is 1. The van der Waals surface area contributed by atoms with Crippen molar-refractivity contribution in [3.63, 3.8) is 0 Å².